The molecule has 0 aliphatic carbocycles. The van der Waals surface area contributed by atoms with Crippen LogP contribution in [0.2, 0.25) is 0 Å². The Balaban J connectivity index is 1.69. The van der Waals surface area contributed by atoms with Crippen molar-refractivity contribution < 1.29 is 9.59 Å². The predicted octanol–water partition coefficient (Wildman–Crippen LogP) is 2.89. The maximum absolute atomic E-state index is 13.8. The van der Waals surface area contributed by atoms with Crippen molar-refractivity contribution in [2.75, 3.05) is 10.2 Å². The monoisotopic (exact) mass is 358 g/mol. The zero-order valence-electron chi connectivity index (χ0n) is 14.8. The van der Waals surface area contributed by atoms with Crippen molar-refractivity contribution in [3.63, 3.8) is 0 Å². The summed E-state index contributed by atoms with van der Waals surface area (Å²) in [5.74, 6) is 0.240. The first-order valence-corrected chi connectivity index (χ1v) is 8.91. The fourth-order valence-corrected chi connectivity index (χ4v) is 4.30. The number of para-hydroxylation sites is 1. The Bertz CT molecular complexity index is 1090. The summed E-state index contributed by atoms with van der Waals surface area (Å²) in [6, 6.07) is 15.8. The van der Waals surface area contributed by atoms with E-state index in [-0.39, 0.29) is 18.2 Å². The minimum atomic E-state index is -1.02. The first kappa shape index (κ1) is 15.8. The summed E-state index contributed by atoms with van der Waals surface area (Å²) in [5.41, 5.74) is 3.64. The molecule has 134 valence electrons. The van der Waals surface area contributed by atoms with Crippen LogP contribution in [0.5, 0.6) is 0 Å². The van der Waals surface area contributed by atoms with E-state index in [0.717, 1.165) is 27.9 Å². The van der Waals surface area contributed by atoms with Gasteiger partial charge in [-0.1, -0.05) is 42.5 Å². The Hall–Kier alpha value is -3.41. The third-order valence-electron chi connectivity index (χ3n) is 5.64. The summed E-state index contributed by atoms with van der Waals surface area (Å²) in [4.78, 5) is 28.0. The normalized spacial score (nSPS) is 20.6. The Labute approximate surface area is 156 Å². The van der Waals surface area contributed by atoms with Crippen molar-refractivity contribution in [1.82, 2.24) is 10.2 Å². The SMILES string of the molecule is Cc1ccccc1CN1C(=O)C2(CC(=O)Nc3[nH]ncc32)c2ccccc21. The van der Waals surface area contributed by atoms with Gasteiger partial charge in [0.05, 0.1) is 12.7 Å². The number of benzene rings is 2. The number of nitrogens with one attached hydrogen (secondary N) is 2. The number of H-pyrrole nitrogens is 1. The lowest BCUT2D eigenvalue weighted by atomic mass is 9.72. The van der Waals surface area contributed by atoms with Crippen molar-refractivity contribution in [2.24, 2.45) is 0 Å². The fraction of sp³-hybridized carbons (Fsp3) is 0.190. The maximum atomic E-state index is 13.8. The molecule has 0 saturated carbocycles. The Kier molecular flexibility index (Phi) is 3.25. The minimum Gasteiger partial charge on any atom is -0.311 e. The van der Waals surface area contributed by atoms with Gasteiger partial charge in [-0.25, -0.2) is 0 Å². The first-order chi connectivity index (χ1) is 13.1. The summed E-state index contributed by atoms with van der Waals surface area (Å²) >= 11 is 0. The number of aryl methyl sites for hydroxylation is 1. The quantitative estimate of drug-likeness (QED) is 0.739. The third kappa shape index (κ3) is 2.10. The number of aromatic nitrogens is 2. The molecule has 1 atom stereocenters. The highest BCUT2D eigenvalue weighted by molar-refractivity contribution is 6.15. The van der Waals surface area contributed by atoms with Gasteiger partial charge >= 0.3 is 0 Å². The van der Waals surface area contributed by atoms with Gasteiger partial charge in [0, 0.05) is 17.7 Å². The highest BCUT2D eigenvalue weighted by Crippen LogP contribution is 2.51. The van der Waals surface area contributed by atoms with Crippen LogP contribution in [0.25, 0.3) is 0 Å². The zero-order valence-corrected chi connectivity index (χ0v) is 14.8. The summed E-state index contributed by atoms with van der Waals surface area (Å²) in [6.45, 7) is 2.51. The lowest BCUT2D eigenvalue weighted by Crippen LogP contribution is -2.46. The third-order valence-corrected chi connectivity index (χ3v) is 5.64. The molecule has 3 heterocycles. The van der Waals surface area contributed by atoms with Crippen LogP contribution in [-0.2, 0) is 21.5 Å². The van der Waals surface area contributed by atoms with Crippen LogP contribution in [0.15, 0.2) is 54.7 Å². The number of amides is 2. The molecule has 0 bridgehead atoms. The second kappa shape index (κ2) is 5.54. The van der Waals surface area contributed by atoms with Crippen LogP contribution < -0.4 is 10.2 Å². The number of carbonyl (C=O) groups is 2. The van der Waals surface area contributed by atoms with Crippen LogP contribution >= 0.6 is 0 Å². The number of rotatable bonds is 2. The van der Waals surface area contributed by atoms with Crippen LogP contribution in [0.1, 0.15) is 28.7 Å². The van der Waals surface area contributed by atoms with Crippen molar-refractivity contribution in [1.29, 1.82) is 0 Å². The van der Waals surface area contributed by atoms with Gasteiger partial charge in [0.25, 0.3) is 0 Å². The molecule has 1 aromatic heterocycles. The predicted molar refractivity (Wildman–Crippen MR) is 101 cm³/mol. The number of fused-ring (bicyclic) bond motifs is 4. The van der Waals surface area contributed by atoms with Gasteiger partial charge in [0.2, 0.25) is 11.8 Å². The second-order valence-corrected chi connectivity index (χ2v) is 7.12. The zero-order chi connectivity index (χ0) is 18.6. The first-order valence-electron chi connectivity index (χ1n) is 8.91. The minimum absolute atomic E-state index is 0.0792. The number of carbonyl (C=O) groups excluding carboxylic acids is 2. The molecule has 0 radical (unpaired) electrons. The molecule has 1 unspecified atom stereocenters. The molecule has 2 aromatic carbocycles. The van der Waals surface area contributed by atoms with Gasteiger partial charge < -0.3 is 10.2 Å². The Morgan fingerprint density at radius 3 is 2.70 bits per heavy atom. The molecule has 2 amide bonds. The van der Waals surface area contributed by atoms with Crippen molar-refractivity contribution in [3.05, 3.63) is 77.0 Å². The molecule has 0 fully saturated rings. The topological polar surface area (TPSA) is 78.1 Å². The molecule has 2 N–H and O–H groups in total. The summed E-state index contributed by atoms with van der Waals surface area (Å²) < 4.78 is 0. The average Bonchev–Trinajstić information content (AvgIpc) is 3.22. The van der Waals surface area contributed by atoms with Crippen LogP contribution in [0, 0.1) is 6.92 Å². The highest BCUT2D eigenvalue weighted by Gasteiger charge is 2.56. The summed E-state index contributed by atoms with van der Waals surface area (Å²) in [7, 11) is 0. The number of hydrogen-bond donors (Lipinski definition) is 2. The summed E-state index contributed by atoms with van der Waals surface area (Å²) in [5, 5.41) is 9.68. The molecule has 3 aromatic rings. The molecular weight excluding hydrogens is 340 g/mol. The van der Waals surface area contributed by atoms with Crippen molar-refractivity contribution in [2.45, 2.75) is 25.3 Å². The molecule has 0 saturated heterocycles. The van der Waals surface area contributed by atoms with E-state index in [2.05, 4.69) is 15.5 Å². The second-order valence-electron chi connectivity index (χ2n) is 7.12. The van der Waals surface area contributed by atoms with E-state index in [1.165, 1.54) is 0 Å². The number of nitrogens with zero attached hydrogens (tertiary/aromatic N) is 2. The Morgan fingerprint density at radius 2 is 1.85 bits per heavy atom. The van der Waals surface area contributed by atoms with Crippen LogP contribution in [0.4, 0.5) is 11.5 Å². The number of hydrogen-bond acceptors (Lipinski definition) is 3. The van der Waals surface area contributed by atoms with E-state index >= 15 is 0 Å². The molecule has 27 heavy (non-hydrogen) atoms. The summed E-state index contributed by atoms with van der Waals surface area (Å²) in [6.07, 6.45) is 1.74. The average molecular weight is 358 g/mol. The lowest BCUT2D eigenvalue weighted by Gasteiger charge is -2.32. The van der Waals surface area contributed by atoms with E-state index in [0.29, 0.717) is 12.4 Å². The highest BCUT2D eigenvalue weighted by atomic mass is 16.2. The van der Waals surface area contributed by atoms with Gasteiger partial charge in [0.15, 0.2) is 0 Å². The van der Waals surface area contributed by atoms with E-state index in [4.69, 9.17) is 0 Å². The number of aromatic amines is 1. The molecular formula is C21H18N4O2. The molecule has 2 aliphatic heterocycles. The van der Waals surface area contributed by atoms with Crippen molar-refractivity contribution in [3.8, 4) is 0 Å². The van der Waals surface area contributed by atoms with Gasteiger partial charge in [-0.3, -0.25) is 14.7 Å². The Morgan fingerprint density at radius 1 is 1.07 bits per heavy atom. The van der Waals surface area contributed by atoms with E-state index in [9.17, 15) is 9.59 Å². The van der Waals surface area contributed by atoms with Gasteiger partial charge in [-0.15, -0.1) is 0 Å². The van der Waals surface area contributed by atoms with Crippen molar-refractivity contribution >= 4 is 23.3 Å². The molecule has 5 rings (SSSR count). The van der Waals surface area contributed by atoms with E-state index in [1.54, 1.807) is 11.1 Å². The standard InChI is InChI=1S/C21H18N4O2/c1-13-6-2-3-7-14(13)12-25-17-9-5-4-8-15(17)21(20(25)27)10-18(26)23-19-16(21)11-22-24-19/h2-9,11H,10,12H2,1H3,(H2,22,23,24,26). The largest absolute Gasteiger partial charge is 0.311 e. The van der Waals surface area contributed by atoms with Crippen LogP contribution in [0.3, 0.4) is 0 Å². The molecule has 2 aliphatic rings. The molecule has 6 heteroatoms. The van der Waals surface area contributed by atoms with E-state index < -0.39 is 5.41 Å². The lowest BCUT2D eigenvalue weighted by molar-refractivity contribution is -0.126. The van der Waals surface area contributed by atoms with Crippen LogP contribution in [-0.4, -0.2) is 22.0 Å². The fourth-order valence-electron chi connectivity index (χ4n) is 4.30. The molecule has 6 nitrogen and oxygen atoms in total. The van der Waals surface area contributed by atoms with Gasteiger partial charge in [-0.2, -0.15) is 5.10 Å². The number of anilines is 2. The van der Waals surface area contributed by atoms with E-state index in [1.807, 2.05) is 55.5 Å². The smallest absolute Gasteiger partial charge is 0.243 e. The van der Waals surface area contributed by atoms with Gasteiger partial charge in [0.1, 0.15) is 11.2 Å². The molecule has 1 spiro atoms. The maximum Gasteiger partial charge on any atom is 0.243 e. The van der Waals surface area contributed by atoms with Gasteiger partial charge in [-0.05, 0) is 29.7 Å².